The third kappa shape index (κ3) is 5.39. The number of carbonyl (C=O) groups is 1. The van der Waals surface area contributed by atoms with Gasteiger partial charge in [0.25, 0.3) is 0 Å². The summed E-state index contributed by atoms with van der Waals surface area (Å²) in [6.07, 6.45) is 1.43. The fourth-order valence-electron chi connectivity index (χ4n) is 3.02. The molecule has 1 atom stereocenters. The Bertz CT molecular complexity index is 955. The summed E-state index contributed by atoms with van der Waals surface area (Å²) in [6.45, 7) is 2.39. The van der Waals surface area contributed by atoms with E-state index in [1.54, 1.807) is 24.0 Å². The number of rotatable bonds is 9. The molecular weight excluding hydrogens is 406 g/mol. The lowest BCUT2D eigenvalue weighted by Crippen LogP contribution is -2.48. The van der Waals surface area contributed by atoms with Gasteiger partial charge in [-0.3, -0.25) is 4.79 Å². The highest BCUT2D eigenvalue weighted by molar-refractivity contribution is 7.99. The normalized spacial score (nSPS) is 16.5. The molecule has 3 heterocycles. The molecule has 1 fully saturated rings. The molecule has 9 nitrogen and oxygen atoms in total. The largest absolute Gasteiger partial charge is 0.493 e. The number of para-hydroxylation sites is 1. The van der Waals surface area contributed by atoms with Crippen molar-refractivity contribution < 1.29 is 19.1 Å². The van der Waals surface area contributed by atoms with E-state index in [1.165, 1.54) is 4.85 Å². The molecule has 30 heavy (non-hydrogen) atoms. The molecule has 10 heteroatoms. The maximum absolute atomic E-state index is 12.5. The minimum atomic E-state index is -0.225. The number of aromatic nitrogens is 4. The molecule has 1 aliphatic rings. The zero-order valence-corrected chi connectivity index (χ0v) is 17.2. The minimum absolute atomic E-state index is 0.0980. The first-order chi connectivity index (χ1) is 14.8. The molecule has 1 unspecified atom stereocenters. The average molecular weight is 430 g/mol. The Morgan fingerprint density at radius 3 is 3.03 bits per heavy atom. The Morgan fingerprint density at radius 2 is 2.13 bits per heavy atom. The topological polar surface area (TPSA) is 91.6 Å². The molecule has 0 bridgehead atoms. The number of hydrogen-bond donors (Lipinski definition) is 0. The maximum atomic E-state index is 12.5. The first-order valence-electron chi connectivity index (χ1n) is 9.74. The number of hydrogen-bond acceptors (Lipinski definition) is 8. The lowest BCUT2D eigenvalue weighted by molar-refractivity contribution is -0.138. The molecule has 2 aromatic heterocycles. The summed E-state index contributed by atoms with van der Waals surface area (Å²) in [7, 11) is 0. The van der Waals surface area contributed by atoms with Gasteiger partial charge in [-0.15, -0.1) is 16.9 Å². The van der Waals surface area contributed by atoms with Crippen molar-refractivity contribution in [3.63, 3.8) is 0 Å². The second-order valence-corrected chi connectivity index (χ2v) is 7.76. The Morgan fingerprint density at radius 1 is 1.23 bits per heavy atom. The fraction of sp³-hybridized carbons (Fsp3) is 0.400. The molecule has 1 amide bonds. The number of morpholine rings is 1. The van der Waals surface area contributed by atoms with Gasteiger partial charge in [-0.2, -0.15) is 0 Å². The van der Waals surface area contributed by atoms with Crippen LogP contribution in [0.15, 0.2) is 48.7 Å². The smallest absolute Gasteiger partial charge is 0.232 e. The summed E-state index contributed by atoms with van der Waals surface area (Å²) in [5.41, 5.74) is 1.21. The molecule has 0 radical (unpaired) electrons. The van der Waals surface area contributed by atoms with Gasteiger partial charge in [-0.05, 0) is 29.5 Å². The van der Waals surface area contributed by atoms with Crippen LogP contribution in [-0.2, 0) is 9.53 Å². The lowest BCUT2D eigenvalue weighted by Gasteiger charge is -2.32. The van der Waals surface area contributed by atoms with Crippen LogP contribution >= 0.6 is 11.8 Å². The molecular formula is C20H23N5O4S. The predicted molar refractivity (Wildman–Crippen MR) is 112 cm³/mol. The van der Waals surface area contributed by atoms with Gasteiger partial charge in [0.2, 0.25) is 11.6 Å². The summed E-state index contributed by atoms with van der Waals surface area (Å²) in [5.74, 6) is 2.12. The Labute approximate surface area is 178 Å². The molecule has 0 N–H and O–H groups in total. The van der Waals surface area contributed by atoms with Gasteiger partial charge in [0.05, 0.1) is 25.5 Å². The zero-order chi connectivity index (χ0) is 20.6. The second kappa shape index (κ2) is 10.3. The molecule has 158 valence electrons. The lowest BCUT2D eigenvalue weighted by atomic mass is 10.3. The van der Waals surface area contributed by atoms with Crippen LogP contribution in [0.4, 0.5) is 0 Å². The maximum Gasteiger partial charge on any atom is 0.232 e. The summed E-state index contributed by atoms with van der Waals surface area (Å²) in [4.78, 5) is 25.5. The third-order valence-electron chi connectivity index (χ3n) is 4.52. The van der Waals surface area contributed by atoms with E-state index in [4.69, 9.17) is 14.3 Å². The number of ether oxygens (including phenoxy) is 2. The Kier molecular flexibility index (Phi) is 6.99. The van der Waals surface area contributed by atoms with Crippen LogP contribution < -0.4 is 9.57 Å². The Hall–Kier alpha value is -2.85. The first-order valence-corrected chi connectivity index (χ1v) is 10.9. The van der Waals surface area contributed by atoms with Crippen LogP contribution in [0.5, 0.6) is 5.75 Å². The van der Waals surface area contributed by atoms with Crippen molar-refractivity contribution in [1.82, 2.24) is 25.0 Å². The van der Waals surface area contributed by atoms with Crippen LogP contribution in [0.2, 0.25) is 0 Å². The minimum Gasteiger partial charge on any atom is -0.493 e. The van der Waals surface area contributed by atoms with Gasteiger partial charge >= 0.3 is 0 Å². The molecule has 3 aromatic rings. The van der Waals surface area contributed by atoms with Gasteiger partial charge in [-0.25, -0.2) is 4.98 Å². The summed E-state index contributed by atoms with van der Waals surface area (Å²) in [6, 6.07) is 13.3. The third-order valence-corrected chi connectivity index (χ3v) is 5.43. The zero-order valence-electron chi connectivity index (χ0n) is 16.4. The van der Waals surface area contributed by atoms with Crippen LogP contribution in [0, 0.1) is 0 Å². The molecule has 0 aliphatic carbocycles. The highest BCUT2D eigenvalue weighted by atomic mass is 32.2. The van der Waals surface area contributed by atoms with Gasteiger partial charge < -0.3 is 19.2 Å². The van der Waals surface area contributed by atoms with E-state index < -0.39 is 0 Å². The number of nitrogens with zero attached hydrogens (tertiary/aromatic N) is 5. The van der Waals surface area contributed by atoms with Crippen molar-refractivity contribution in [2.45, 2.75) is 6.10 Å². The van der Waals surface area contributed by atoms with Crippen molar-refractivity contribution in [2.24, 2.45) is 0 Å². The SMILES string of the molecule is O=C(CSCCOc1ccccc1)N1CCOC(COn2nnc3cccnc32)C1. The van der Waals surface area contributed by atoms with Crippen LogP contribution in [0.25, 0.3) is 11.2 Å². The van der Waals surface area contributed by atoms with Crippen molar-refractivity contribution in [3.8, 4) is 5.75 Å². The number of pyridine rings is 1. The predicted octanol–water partition coefficient (Wildman–Crippen LogP) is 1.29. The van der Waals surface area contributed by atoms with Crippen LogP contribution in [0.3, 0.4) is 0 Å². The van der Waals surface area contributed by atoms with Gasteiger partial charge in [-0.1, -0.05) is 23.0 Å². The van der Waals surface area contributed by atoms with Crippen molar-refractivity contribution in [1.29, 1.82) is 0 Å². The molecule has 1 aliphatic heterocycles. The molecule has 1 saturated heterocycles. The number of amides is 1. The first kappa shape index (κ1) is 20.4. The van der Waals surface area contributed by atoms with Gasteiger partial charge in [0.15, 0.2) is 0 Å². The highest BCUT2D eigenvalue weighted by Gasteiger charge is 2.25. The van der Waals surface area contributed by atoms with Crippen LogP contribution in [0.1, 0.15) is 0 Å². The number of benzene rings is 1. The summed E-state index contributed by atoms with van der Waals surface area (Å²) < 4.78 is 11.4. The van der Waals surface area contributed by atoms with Crippen LogP contribution in [-0.4, -0.2) is 81.5 Å². The van der Waals surface area contributed by atoms with E-state index in [2.05, 4.69) is 15.3 Å². The van der Waals surface area contributed by atoms with E-state index in [-0.39, 0.29) is 18.6 Å². The van der Waals surface area contributed by atoms with Crippen molar-refractivity contribution in [2.75, 3.05) is 44.4 Å². The van der Waals surface area contributed by atoms with E-state index >= 15 is 0 Å². The summed E-state index contributed by atoms with van der Waals surface area (Å²) >= 11 is 1.57. The summed E-state index contributed by atoms with van der Waals surface area (Å²) in [5, 5.41) is 7.95. The van der Waals surface area contributed by atoms with Crippen molar-refractivity contribution >= 4 is 28.8 Å². The van der Waals surface area contributed by atoms with E-state index in [0.29, 0.717) is 43.2 Å². The molecule has 1 aromatic carbocycles. The van der Waals surface area contributed by atoms with Crippen molar-refractivity contribution in [3.05, 3.63) is 48.7 Å². The monoisotopic (exact) mass is 429 g/mol. The standard InChI is InChI=1S/C20H23N5O4S/c26-19(15-30-12-11-28-16-5-2-1-3-6-16)24-9-10-27-17(13-24)14-29-25-20-18(22-23-25)7-4-8-21-20/h1-8,17H,9-15H2. The van der Waals surface area contributed by atoms with Gasteiger partial charge in [0, 0.05) is 18.5 Å². The van der Waals surface area contributed by atoms with E-state index in [1.807, 2.05) is 41.3 Å². The second-order valence-electron chi connectivity index (χ2n) is 6.65. The molecule has 0 saturated carbocycles. The molecule has 0 spiro atoms. The van der Waals surface area contributed by atoms with E-state index in [9.17, 15) is 4.79 Å². The molecule has 4 rings (SSSR count). The highest BCUT2D eigenvalue weighted by Crippen LogP contribution is 2.12. The fourth-order valence-corrected chi connectivity index (χ4v) is 3.72. The number of fused-ring (bicyclic) bond motifs is 1. The average Bonchev–Trinajstić information content (AvgIpc) is 3.21. The quantitative estimate of drug-likeness (QED) is 0.470. The van der Waals surface area contributed by atoms with Gasteiger partial charge in [0.1, 0.15) is 24.0 Å². The number of carbonyl (C=O) groups excluding carboxylic acids is 1. The number of thioether (sulfide) groups is 1. The van der Waals surface area contributed by atoms with E-state index in [0.717, 1.165) is 11.5 Å². The Balaban J connectivity index is 1.17.